The van der Waals surface area contributed by atoms with Crippen LogP contribution in [0.4, 0.5) is 10.1 Å². The van der Waals surface area contributed by atoms with Gasteiger partial charge in [0.2, 0.25) is 0 Å². The lowest BCUT2D eigenvalue weighted by Crippen LogP contribution is -2.29. The quantitative estimate of drug-likeness (QED) is 0.874. The number of halogens is 1. The van der Waals surface area contributed by atoms with E-state index in [2.05, 4.69) is 9.71 Å². The molecule has 0 saturated carbocycles. The lowest BCUT2D eigenvalue weighted by Gasteiger charge is -2.17. The minimum absolute atomic E-state index is 0.0498. The highest BCUT2D eigenvalue weighted by Crippen LogP contribution is 2.28. The largest absolute Gasteiger partial charge is 0.361 e. The summed E-state index contributed by atoms with van der Waals surface area (Å²) >= 11 is 0. The number of aromatic nitrogens is 1. The molecule has 25 heavy (non-hydrogen) atoms. The minimum atomic E-state index is -3.99. The Morgan fingerprint density at radius 1 is 1.12 bits per heavy atom. The average molecular weight is 365 g/mol. The Morgan fingerprint density at radius 2 is 1.72 bits per heavy atom. The van der Waals surface area contributed by atoms with Crippen LogP contribution in [0.3, 0.4) is 0 Å². The highest BCUT2D eigenvalue weighted by Gasteiger charge is 2.32. The van der Waals surface area contributed by atoms with Gasteiger partial charge in [0.1, 0.15) is 10.7 Å². The van der Waals surface area contributed by atoms with E-state index in [9.17, 15) is 17.6 Å². The van der Waals surface area contributed by atoms with Crippen LogP contribution in [0, 0.1) is 19.7 Å². The fraction of sp³-hybridized carbons (Fsp3) is 0.353. The highest BCUT2D eigenvalue weighted by atomic mass is 32.2. The van der Waals surface area contributed by atoms with Crippen LogP contribution in [0.5, 0.6) is 0 Å². The van der Waals surface area contributed by atoms with E-state index in [-0.39, 0.29) is 22.1 Å². The molecule has 1 amide bonds. The zero-order valence-corrected chi connectivity index (χ0v) is 14.9. The summed E-state index contributed by atoms with van der Waals surface area (Å²) < 4.78 is 41.2. The maximum Gasteiger partial charge on any atom is 0.264 e. The van der Waals surface area contributed by atoms with Crippen molar-refractivity contribution >= 4 is 21.6 Å². The van der Waals surface area contributed by atoms with Gasteiger partial charge in [-0.05, 0) is 51.0 Å². The molecule has 8 heteroatoms. The molecule has 0 radical (unpaired) electrons. The Bertz CT molecular complexity index is 898. The monoisotopic (exact) mass is 365 g/mol. The first-order valence-electron chi connectivity index (χ1n) is 8.06. The molecule has 6 nitrogen and oxygen atoms in total. The Morgan fingerprint density at radius 3 is 2.32 bits per heavy atom. The third-order valence-electron chi connectivity index (χ3n) is 4.29. The number of carbonyl (C=O) groups is 1. The Labute approximate surface area is 146 Å². The maximum absolute atomic E-state index is 13.0. The van der Waals surface area contributed by atoms with Crippen LogP contribution >= 0.6 is 0 Å². The molecule has 134 valence electrons. The molecule has 0 atom stereocenters. The van der Waals surface area contributed by atoms with Gasteiger partial charge in [0.05, 0.1) is 5.56 Å². The molecule has 1 aromatic carbocycles. The molecule has 1 aromatic heterocycles. The fourth-order valence-electron chi connectivity index (χ4n) is 3.15. The zero-order valence-electron chi connectivity index (χ0n) is 14.1. The van der Waals surface area contributed by atoms with Gasteiger partial charge in [0, 0.05) is 30.2 Å². The number of nitrogens with one attached hydrogen (secondary N) is 2. The smallest absolute Gasteiger partial charge is 0.264 e. The van der Waals surface area contributed by atoms with Gasteiger partial charge >= 0.3 is 0 Å². The minimum Gasteiger partial charge on any atom is -0.361 e. The van der Waals surface area contributed by atoms with Crippen molar-refractivity contribution in [2.75, 3.05) is 17.8 Å². The van der Waals surface area contributed by atoms with Gasteiger partial charge in [-0.3, -0.25) is 9.52 Å². The number of aromatic amines is 1. The van der Waals surface area contributed by atoms with E-state index in [4.69, 9.17) is 0 Å². The van der Waals surface area contributed by atoms with Crippen LogP contribution in [0.2, 0.25) is 0 Å². The second kappa shape index (κ2) is 6.51. The van der Waals surface area contributed by atoms with Crippen molar-refractivity contribution in [3.63, 3.8) is 0 Å². The summed E-state index contributed by atoms with van der Waals surface area (Å²) in [6, 6.07) is 5.01. The van der Waals surface area contributed by atoms with Crippen LogP contribution < -0.4 is 4.72 Å². The van der Waals surface area contributed by atoms with E-state index in [1.807, 2.05) is 0 Å². The molecule has 0 spiro atoms. The van der Waals surface area contributed by atoms with Crippen LogP contribution in [-0.4, -0.2) is 37.3 Å². The number of anilines is 1. The van der Waals surface area contributed by atoms with Crippen molar-refractivity contribution in [3.05, 3.63) is 47.0 Å². The SMILES string of the molecule is Cc1[nH]c(C)c(S(=O)(=O)Nc2ccc(F)cc2)c1C(=O)N1CCCC1. The topological polar surface area (TPSA) is 82.3 Å². The van der Waals surface area contributed by atoms with Crippen molar-refractivity contribution < 1.29 is 17.6 Å². The average Bonchev–Trinajstić information content (AvgIpc) is 3.16. The lowest BCUT2D eigenvalue weighted by atomic mass is 10.2. The third-order valence-corrected chi connectivity index (χ3v) is 5.84. The summed E-state index contributed by atoms with van der Waals surface area (Å²) in [5.74, 6) is -0.736. The first kappa shape index (κ1) is 17.5. The van der Waals surface area contributed by atoms with E-state index in [0.717, 1.165) is 12.8 Å². The molecule has 1 aliphatic rings. The first-order valence-corrected chi connectivity index (χ1v) is 9.55. The highest BCUT2D eigenvalue weighted by molar-refractivity contribution is 7.92. The second-order valence-electron chi connectivity index (χ2n) is 6.19. The van der Waals surface area contributed by atoms with Gasteiger partial charge in [0.25, 0.3) is 15.9 Å². The van der Waals surface area contributed by atoms with E-state index >= 15 is 0 Å². The standard InChI is InChI=1S/C17H20FN3O3S/c1-11-15(17(22)21-9-3-4-10-21)16(12(2)19-11)25(23,24)20-14-7-5-13(18)6-8-14/h5-8,19-20H,3-4,9-10H2,1-2H3. The van der Waals surface area contributed by atoms with E-state index in [1.54, 1.807) is 18.7 Å². The van der Waals surface area contributed by atoms with E-state index in [0.29, 0.717) is 24.5 Å². The van der Waals surface area contributed by atoms with Gasteiger partial charge < -0.3 is 9.88 Å². The van der Waals surface area contributed by atoms with Crippen molar-refractivity contribution in [1.82, 2.24) is 9.88 Å². The number of nitrogens with zero attached hydrogens (tertiary/aromatic N) is 1. The van der Waals surface area contributed by atoms with Gasteiger partial charge in [-0.1, -0.05) is 0 Å². The van der Waals surface area contributed by atoms with Crippen molar-refractivity contribution in [3.8, 4) is 0 Å². The summed E-state index contributed by atoms with van der Waals surface area (Å²) in [6.45, 7) is 4.57. The number of sulfonamides is 1. The fourth-order valence-corrected chi connectivity index (χ4v) is 4.67. The molecule has 2 N–H and O–H groups in total. The molecule has 3 rings (SSSR count). The molecule has 1 fully saturated rings. The third kappa shape index (κ3) is 3.39. The molecule has 2 aromatic rings. The number of hydrogen-bond acceptors (Lipinski definition) is 3. The van der Waals surface area contributed by atoms with Crippen molar-refractivity contribution in [1.29, 1.82) is 0 Å². The molecule has 1 saturated heterocycles. The number of H-pyrrole nitrogens is 1. The lowest BCUT2D eigenvalue weighted by molar-refractivity contribution is 0.0788. The second-order valence-corrected chi connectivity index (χ2v) is 7.81. The van der Waals surface area contributed by atoms with Crippen LogP contribution in [0.15, 0.2) is 29.2 Å². The number of benzene rings is 1. The van der Waals surface area contributed by atoms with Crippen LogP contribution in [0.1, 0.15) is 34.6 Å². The summed E-state index contributed by atoms with van der Waals surface area (Å²) in [7, 11) is -3.99. The number of likely N-dealkylation sites (tertiary alicyclic amines) is 1. The first-order chi connectivity index (χ1) is 11.8. The summed E-state index contributed by atoms with van der Waals surface area (Å²) in [4.78, 5) is 17.4. The predicted octanol–water partition coefficient (Wildman–Crippen LogP) is 2.81. The molecular formula is C17H20FN3O3S. The van der Waals surface area contributed by atoms with E-state index < -0.39 is 15.8 Å². The number of aryl methyl sites for hydroxylation is 2. The summed E-state index contributed by atoms with van der Waals surface area (Å²) in [6.07, 6.45) is 1.84. The predicted molar refractivity (Wildman–Crippen MR) is 92.6 cm³/mol. The normalized spacial score (nSPS) is 14.8. The summed E-state index contributed by atoms with van der Waals surface area (Å²) in [5.41, 5.74) is 1.33. The number of amides is 1. The maximum atomic E-state index is 13.0. The molecule has 0 bridgehead atoms. The Balaban J connectivity index is 2.00. The number of rotatable bonds is 4. The zero-order chi connectivity index (χ0) is 18.2. The molecule has 0 aliphatic carbocycles. The van der Waals surface area contributed by atoms with Crippen LogP contribution in [-0.2, 0) is 10.0 Å². The van der Waals surface area contributed by atoms with Crippen molar-refractivity contribution in [2.24, 2.45) is 0 Å². The van der Waals surface area contributed by atoms with Crippen molar-refractivity contribution in [2.45, 2.75) is 31.6 Å². The van der Waals surface area contributed by atoms with Crippen LogP contribution in [0.25, 0.3) is 0 Å². The number of hydrogen-bond donors (Lipinski definition) is 2. The Hall–Kier alpha value is -2.35. The molecule has 2 heterocycles. The van der Waals surface area contributed by atoms with E-state index in [1.165, 1.54) is 24.3 Å². The van der Waals surface area contributed by atoms with Gasteiger partial charge in [-0.15, -0.1) is 0 Å². The number of carbonyl (C=O) groups excluding carboxylic acids is 1. The van der Waals surface area contributed by atoms with Gasteiger partial charge in [-0.25, -0.2) is 12.8 Å². The van der Waals surface area contributed by atoms with Gasteiger partial charge in [0.15, 0.2) is 0 Å². The van der Waals surface area contributed by atoms with Gasteiger partial charge in [-0.2, -0.15) is 0 Å². The summed E-state index contributed by atoms with van der Waals surface area (Å²) in [5, 5.41) is 0. The molecular weight excluding hydrogens is 345 g/mol. The Kier molecular flexibility index (Phi) is 4.55. The molecule has 1 aliphatic heterocycles. The molecule has 0 unspecified atom stereocenters.